The van der Waals surface area contributed by atoms with E-state index in [2.05, 4.69) is 10.1 Å². The molecule has 3 rings (SSSR count). The van der Waals surface area contributed by atoms with Crippen molar-refractivity contribution in [1.29, 1.82) is 0 Å². The van der Waals surface area contributed by atoms with Gasteiger partial charge in [-0.15, -0.1) is 11.3 Å². The molecule has 6 heteroatoms. The van der Waals surface area contributed by atoms with Gasteiger partial charge in [0.1, 0.15) is 9.88 Å². The number of aromatic nitrogens is 3. The van der Waals surface area contributed by atoms with Gasteiger partial charge in [-0.3, -0.25) is 9.48 Å². The van der Waals surface area contributed by atoms with Gasteiger partial charge in [-0.25, -0.2) is 4.98 Å². The van der Waals surface area contributed by atoms with Crippen molar-refractivity contribution in [3.63, 3.8) is 0 Å². The molecule has 0 unspecified atom stereocenters. The zero-order chi connectivity index (χ0) is 15.7. The number of amides is 1. The van der Waals surface area contributed by atoms with Crippen molar-refractivity contribution in [1.82, 2.24) is 14.8 Å². The van der Waals surface area contributed by atoms with Crippen LogP contribution in [0.4, 0.5) is 0 Å². The van der Waals surface area contributed by atoms with Gasteiger partial charge in [0.2, 0.25) is 0 Å². The Kier molecular flexibility index (Phi) is 3.77. The van der Waals surface area contributed by atoms with Crippen LogP contribution >= 0.6 is 11.3 Å². The molecular weight excluding hydrogens is 296 g/mol. The Morgan fingerprint density at radius 2 is 2.05 bits per heavy atom. The SMILES string of the molecule is CCn1cc(-c2nc(-c3ccccc3)c(C(N)=O)s2)c(C)n1. The Morgan fingerprint density at radius 3 is 2.64 bits per heavy atom. The second-order valence-electron chi connectivity index (χ2n) is 4.91. The van der Waals surface area contributed by atoms with Crippen molar-refractivity contribution in [3.8, 4) is 21.8 Å². The van der Waals surface area contributed by atoms with Gasteiger partial charge < -0.3 is 5.73 Å². The fourth-order valence-electron chi connectivity index (χ4n) is 2.28. The van der Waals surface area contributed by atoms with E-state index in [0.717, 1.165) is 28.4 Å². The lowest BCUT2D eigenvalue weighted by atomic mass is 10.1. The van der Waals surface area contributed by atoms with Gasteiger partial charge in [0.15, 0.2) is 0 Å². The highest BCUT2D eigenvalue weighted by Gasteiger charge is 2.20. The number of thiazole rings is 1. The van der Waals surface area contributed by atoms with E-state index in [1.807, 2.05) is 55.1 Å². The van der Waals surface area contributed by atoms with Gasteiger partial charge in [0.25, 0.3) is 5.91 Å². The van der Waals surface area contributed by atoms with E-state index in [1.165, 1.54) is 11.3 Å². The van der Waals surface area contributed by atoms with Crippen molar-refractivity contribution in [2.75, 3.05) is 0 Å². The van der Waals surface area contributed by atoms with E-state index in [0.29, 0.717) is 10.6 Å². The number of carbonyl (C=O) groups is 1. The molecule has 1 amide bonds. The molecule has 0 bridgehead atoms. The molecule has 0 atom stereocenters. The summed E-state index contributed by atoms with van der Waals surface area (Å²) in [6, 6.07) is 9.61. The first-order valence-electron chi connectivity index (χ1n) is 7.00. The highest BCUT2D eigenvalue weighted by molar-refractivity contribution is 7.17. The number of aryl methyl sites for hydroxylation is 2. The monoisotopic (exact) mass is 312 g/mol. The van der Waals surface area contributed by atoms with Crippen molar-refractivity contribution in [2.45, 2.75) is 20.4 Å². The van der Waals surface area contributed by atoms with E-state index < -0.39 is 5.91 Å². The summed E-state index contributed by atoms with van der Waals surface area (Å²) in [5.74, 6) is -0.455. The zero-order valence-corrected chi connectivity index (χ0v) is 13.2. The Balaban J connectivity index is 2.15. The number of hydrogen-bond donors (Lipinski definition) is 1. The van der Waals surface area contributed by atoms with Crippen LogP contribution in [-0.2, 0) is 6.54 Å². The molecular formula is C16H16N4OS. The van der Waals surface area contributed by atoms with Crippen LogP contribution in [0.25, 0.3) is 21.8 Å². The first kappa shape index (κ1) is 14.5. The summed E-state index contributed by atoms with van der Waals surface area (Å²) in [6.07, 6.45) is 1.95. The fraction of sp³-hybridized carbons (Fsp3) is 0.188. The average Bonchev–Trinajstić information content (AvgIpc) is 3.11. The maximum atomic E-state index is 11.8. The third-order valence-corrected chi connectivity index (χ3v) is 4.50. The maximum Gasteiger partial charge on any atom is 0.261 e. The summed E-state index contributed by atoms with van der Waals surface area (Å²) in [5.41, 5.74) is 8.88. The van der Waals surface area contributed by atoms with Gasteiger partial charge in [0.05, 0.1) is 17.0 Å². The maximum absolute atomic E-state index is 11.8. The van der Waals surface area contributed by atoms with Crippen LogP contribution in [0.5, 0.6) is 0 Å². The molecule has 0 spiro atoms. The minimum atomic E-state index is -0.455. The average molecular weight is 312 g/mol. The molecule has 0 aliphatic heterocycles. The van der Waals surface area contributed by atoms with Crippen LogP contribution in [-0.4, -0.2) is 20.7 Å². The Morgan fingerprint density at radius 1 is 1.32 bits per heavy atom. The first-order valence-corrected chi connectivity index (χ1v) is 7.82. The highest BCUT2D eigenvalue weighted by atomic mass is 32.1. The molecule has 0 saturated heterocycles. The molecule has 0 aliphatic carbocycles. The minimum Gasteiger partial charge on any atom is -0.365 e. The Labute approximate surface area is 132 Å². The lowest BCUT2D eigenvalue weighted by molar-refractivity contribution is 0.100. The molecule has 112 valence electrons. The molecule has 1 aromatic carbocycles. The van der Waals surface area contributed by atoms with Crippen molar-refractivity contribution < 1.29 is 4.79 Å². The number of nitrogens with zero attached hydrogens (tertiary/aromatic N) is 3. The van der Waals surface area contributed by atoms with Crippen LogP contribution in [0.3, 0.4) is 0 Å². The lowest BCUT2D eigenvalue weighted by Crippen LogP contribution is -2.10. The van der Waals surface area contributed by atoms with E-state index in [-0.39, 0.29) is 0 Å². The first-order chi connectivity index (χ1) is 10.6. The third kappa shape index (κ3) is 2.53. The van der Waals surface area contributed by atoms with Crippen LogP contribution in [0, 0.1) is 6.92 Å². The quantitative estimate of drug-likeness (QED) is 0.804. The molecule has 2 N–H and O–H groups in total. The summed E-state index contributed by atoms with van der Waals surface area (Å²) in [6.45, 7) is 4.76. The van der Waals surface area contributed by atoms with E-state index in [4.69, 9.17) is 5.73 Å². The summed E-state index contributed by atoms with van der Waals surface area (Å²) in [4.78, 5) is 16.9. The number of primary amides is 1. The molecule has 0 saturated carbocycles. The molecule has 0 aliphatic rings. The van der Waals surface area contributed by atoms with Crippen LogP contribution in [0.15, 0.2) is 36.5 Å². The fourth-order valence-corrected chi connectivity index (χ4v) is 3.29. The molecule has 0 fully saturated rings. The molecule has 5 nitrogen and oxygen atoms in total. The van der Waals surface area contributed by atoms with E-state index >= 15 is 0 Å². The highest BCUT2D eigenvalue weighted by Crippen LogP contribution is 2.34. The normalized spacial score (nSPS) is 10.8. The molecule has 2 heterocycles. The van der Waals surface area contributed by atoms with Crippen LogP contribution in [0.1, 0.15) is 22.3 Å². The van der Waals surface area contributed by atoms with Gasteiger partial charge in [-0.1, -0.05) is 30.3 Å². The van der Waals surface area contributed by atoms with E-state index in [1.54, 1.807) is 0 Å². The van der Waals surface area contributed by atoms with Crippen LogP contribution in [0.2, 0.25) is 0 Å². The number of rotatable bonds is 4. The van der Waals surface area contributed by atoms with Crippen molar-refractivity contribution in [3.05, 3.63) is 47.1 Å². The molecule has 0 radical (unpaired) electrons. The Hall–Kier alpha value is -2.47. The number of carbonyl (C=O) groups excluding carboxylic acids is 1. The zero-order valence-electron chi connectivity index (χ0n) is 12.4. The predicted octanol–water partition coefficient (Wildman–Crippen LogP) is 3.10. The predicted molar refractivity (Wildman–Crippen MR) is 87.7 cm³/mol. The third-order valence-electron chi connectivity index (χ3n) is 3.40. The summed E-state index contributed by atoms with van der Waals surface area (Å²) < 4.78 is 1.86. The lowest BCUT2D eigenvalue weighted by Gasteiger charge is -1.98. The second-order valence-corrected chi connectivity index (χ2v) is 5.91. The van der Waals surface area contributed by atoms with Gasteiger partial charge in [0, 0.05) is 18.3 Å². The van der Waals surface area contributed by atoms with E-state index in [9.17, 15) is 4.79 Å². The van der Waals surface area contributed by atoms with Gasteiger partial charge >= 0.3 is 0 Å². The smallest absolute Gasteiger partial charge is 0.261 e. The van der Waals surface area contributed by atoms with Gasteiger partial charge in [-0.2, -0.15) is 5.10 Å². The molecule has 3 aromatic rings. The Bertz CT molecular complexity index is 820. The minimum absolute atomic E-state index is 0.455. The molecule has 2 aromatic heterocycles. The number of hydrogen-bond acceptors (Lipinski definition) is 4. The second kappa shape index (κ2) is 5.73. The summed E-state index contributed by atoms with van der Waals surface area (Å²) in [7, 11) is 0. The molecule has 22 heavy (non-hydrogen) atoms. The summed E-state index contributed by atoms with van der Waals surface area (Å²) >= 11 is 1.31. The standard InChI is InChI=1S/C16H16N4OS/c1-3-20-9-12(10(2)19-20)16-18-13(14(22-16)15(17)21)11-7-5-4-6-8-11/h4-9H,3H2,1-2H3,(H2,17,21). The number of benzene rings is 1. The largest absolute Gasteiger partial charge is 0.365 e. The van der Waals surface area contributed by atoms with Gasteiger partial charge in [-0.05, 0) is 13.8 Å². The van der Waals surface area contributed by atoms with Crippen molar-refractivity contribution in [2.24, 2.45) is 5.73 Å². The van der Waals surface area contributed by atoms with Crippen molar-refractivity contribution >= 4 is 17.2 Å². The topological polar surface area (TPSA) is 73.8 Å². The summed E-state index contributed by atoms with van der Waals surface area (Å²) in [5, 5.41) is 5.20. The van der Waals surface area contributed by atoms with Crippen LogP contribution < -0.4 is 5.73 Å². The number of nitrogens with two attached hydrogens (primary N) is 1.